The topological polar surface area (TPSA) is 38.8 Å². The molecule has 0 amide bonds. The van der Waals surface area contributed by atoms with Gasteiger partial charge in [0.05, 0.1) is 22.9 Å². The molecule has 0 radical (unpaired) electrons. The molecular formula is C16H26O3. The summed E-state index contributed by atoms with van der Waals surface area (Å²) in [5.41, 5.74) is 2.16. The fraction of sp³-hybridized carbons (Fsp3) is 0.688. The average Bonchev–Trinajstić information content (AvgIpc) is 2.91. The molecule has 1 fully saturated rings. The quantitative estimate of drug-likeness (QED) is 0.305. The van der Waals surface area contributed by atoms with Crippen molar-refractivity contribution in [2.24, 2.45) is 0 Å². The van der Waals surface area contributed by atoms with E-state index < -0.39 is 13.0 Å². The first kappa shape index (κ1) is 11.7. The van der Waals surface area contributed by atoms with Crippen LogP contribution in [0.4, 0.5) is 0 Å². The van der Waals surface area contributed by atoms with Crippen LogP contribution >= 0.6 is 0 Å². The first-order valence-corrected chi connectivity index (χ1v) is 6.73. The third-order valence-corrected chi connectivity index (χ3v) is 3.46. The molecule has 0 aliphatic carbocycles. The van der Waals surface area contributed by atoms with Gasteiger partial charge in [-0.15, -0.1) is 0 Å². The van der Waals surface area contributed by atoms with E-state index in [0.717, 1.165) is 24.8 Å². The molecule has 1 aliphatic rings. The summed E-state index contributed by atoms with van der Waals surface area (Å²) >= 11 is 0. The van der Waals surface area contributed by atoms with Crippen molar-refractivity contribution in [1.82, 2.24) is 0 Å². The molecule has 0 spiro atoms. The molecule has 0 aromatic heterocycles. The van der Waals surface area contributed by atoms with Crippen molar-refractivity contribution in [1.29, 1.82) is 0 Å². The van der Waals surface area contributed by atoms with Crippen LogP contribution in [0.1, 0.15) is 57.5 Å². The smallest absolute Gasteiger partial charge is 0.330 e. The minimum atomic E-state index is -2.68. The number of carbonyl (C=O) groups excluding carboxylic acids is 1. The number of ether oxygens (including phenoxy) is 2. The van der Waals surface area contributed by atoms with Gasteiger partial charge in [-0.1, -0.05) is 17.2 Å². The first-order valence-electron chi connectivity index (χ1n) is 8.23. The molecule has 0 aromatic rings. The van der Waals surface area contributed by atoms with Crippen LogP contribution in [0.25, 0.3) is 0 Å². The van der Waals surface area contributed by atoms with Gasteiger partial charge in [-0.3, -0.25) is 0 Å². The standard InChI is InChI=1S/C16H26O3/c1-12(9-10-14-16(3,4)19-14)7-6-8-13(2)11-15(17)18-5/h7,11,14H,6,8-10H2,1-5H3/b12-7+,13-11+/i5D3. The van der Waals surface area contributed by atoms with Crippen molar-refractivity contribution in [3.63, 3.8) is 0 Å². The second-order valence-electron chi connectivity index (χ2n) is 5.75. The third-order valence-electron chi connectivity index (χ3n) is 3.46. The van der Waals surface area contributed by atoms with Crippen LogP contribution in [0, 0.1) is 0 Å². The molecule has 1 aliphatic heterocycles. The zero-order valence-corrected chi connectivity index (χ0v) is 12.3. The van der Waals surface area contributed by atoms with Gasteiger partial charge in [0.1, 0.15) is 0 Å². The Morgan fingerprint density at radius 2 is 2.05 bits per heavy atom. The van der Waals surface area contributed by atoms with E-state index in [0.29, 0.717) is 12.5 Å². The highest BCUT2D eigenvalue weighted by atomic mass is 16.6. The lowest BCUT2D eigenvalue weighted by molar-refractivity contribution is -0.134. The average molecular weight is 269 g/mol. The lowest BCUT2D eigenvalue weighted by atomic mass is 10.0. The number of allylic oxidation sites excluding steroid dienone is 3. The van der Waals surface area contributed by atoms with Gasteiger partial charge in [-0.2, -0.15) is 0 Å². The van der Waals surface area contributed by atoms with Gasteiger partial charge in [0.15, 0.2) is 0 Å². The summed E-state index contributed by atoms with van der Waals surface area (Å²) in [5.74, 6) is -0.814. The molecule has 0 bridgehead atoms. The van der Waals surface area contributed by atoms with Crippen molar-refractivity contribution >= 4 is 5.97 Å². The number of epoxide rings is 1. The summed E-state index contributed by atoms with van der Waals surface area (Å²) in [5, 5.41) is 0. The fourth-order valence-electron chi connectivity index (χ4n) is 2.05. The molecule has 1 heterocycles. The third kappa shape index (κ3) is 6.06. The Morgan fingerprint density at radius 3 is 2.63 bits per heavy atom. The summed E-state index contributed by atoms with van der Waals surface area (Å²) in [6.45, 7) is 8.09. The van der Waals surface area contributed by atoms with E-state index in [-0.39, 0.29) is 5.60 Å². The van der Waals surface area contributed by atoms with Crippen LogP contribution in [-0.2, 0) is 14.3 Å². The summed E-state index contributed by atoms with van der Waals surface area (Å²) in [6, 6.07) is 0. The van der Waals surface area contributed by atoms with E-state index >= 15 is 0 Å². The molecule has 0 saturated carbocycles. The van der Waals surface area contributed by atoms with Gasteiger partial charge in [0, 0.05) is 6.08 Å². The van der Waals surface area contributed by atoms with E-state index in [1.807, 2.05) is 0 Å². The largest absolute Gasteiger partial charge is 0.466 e. The Hall–Kier alpha value is -1.09. The molecule has 0 aromatic carbocycles. The van der Waals surface area contributed by atoms with Crippen molar-refractivity contribution in [2.45, 2.75) is 65.1 Å². The van der Waals surface area contributed by atoms with E-state index in [1.54, 1.807) is 6.92 Å². The van der Waals surface area contributed by atoms with Crippen molar-refractivity contribution < 1.29 is 18.4 Å². The normalized spacial score (nSPS) is 25.3. The molecule has 108 valence electrons. The van der Waals surface area contributed by atoms with Gasteiger partial charge < -0.3 is 9.47 Å². The van der Waals surface area contributed by atoms with Gasteiger partial charge in [-0.25, -0.2) is 4.79 Å². The molecule has 1 saturated heterocycles. The molecular weight excluding hydrogens is 240 g/mol. The predicted molar refractivity (Wildman–Crippen MR) is 77.0 cm³/mol. The van der Waals surface area contributed by atoms with Crippen LogP contribution in [0.5, 0.6) is 0 Å². The maximum absolute atomic E-state index is 11.3. The zero-order chi connectivity index (χ0) is 17.0. The number of hydrogen-bond acceptors (Lipinski definition) is 3. The maximum atomic E-state index is 11.3. The lowest BCUT2D eigenvalue weighted by Gasteiger charge is -2.02. The molecule has 3 heteroatoms. The Labute approximate surface area is 120 Å². The summed E-state index contributed by atoms with van der Waals surface area (Å²) in [6.07, 6.45) is 7.35. The highest BCUT2D eigenvalue weighted by molar-refractivity contribution is 5.82. The maximum Gasteiger partial charge on any atom is 0.330 e. The monoisotopic (exact) mass is 269 g/mol. The van der Waals surface area contributed by atoms with E-state index in [9.17, 15) is 4.79 Å². The minimum Gasteiger partial charge on any atom is -0.466 e. The van der Waals surface area contributed by atoms with Crippen LogP contribution in [0.15, 0.2) is 23.3 Å². The molecule has 1 unspecified atom stereocenters. The summed E-state index contributed by atoms with van der Waals surface area (Å²) in [7, 11) is -2.68. The van der Waals surface area contributed by atoms with E-state index in [2.05, 4.69) is 31.6 Å². The number of esters is 1. The SMILES string of the molecule is [2H]C([2H])([2H])OC(=O)/C=C(\C)CC/C=C(\C)CCC1OC1(C)C. The van der Waals surface area contributed by atoms with E-state index in [1.165, 1.54) is 11.6 Å². The number of hydrogen-bond donors (Lipinski definition) is 0. The van der Waals surface area contributed by atoms with Gasteiger partial charge >= 0.3 is 5.97 Å². The lowest BCUT2D eigenvalue weighted by Crippen LogP contribution is -2.02. The Morgan fingerprint density at radius 1 is 1.37 bits per heavy atom. The van der Waals surface area contributed by atoms with Gasteiger partial charge in [0.2, 0.25) is 0 Å². The Kier molecular flexibility index (Phi) is 4.25. The fourth-order valence-corrected chi connectivity index (χ4v) is 2.05. The number of carbonyl (C=O) groups is 1. The second kappa shape index (κ2) is 6.90. The summed E-state index contributed by atoms with van der Waals surface area (Å²) < 4.78 is 30.4. The van der Waals surface area contributed by atoms with Crippen LogP contribution in [-0.4, -0.2) is 24.7 Å². The van der Waals surface area contributed by atoms with Crippen LogP contribution in [0.2, 0.25) is 0 Å². The number of rotatable bonds is 7. The van der Waals surface area contributed by atoms with Gasteiger partial charge in [0.25, 0.3) is 0 Å². The van der Waals surface area contributed by atoms with Crippen molar-refractivity contribution in [2.75, 3.05) is 7.04 Å². The molecule has 3 nitrogen and oxygen atoms in total. The highest BCUT2D eigenvalue weighted by Crippen LogP contribution is 2.38. The molecule has 0 N–H and O–H groups in total. The predicted octanol–water partition coefficient (Wildman–Crippen LogP) is 3.79. The zero-order valence-electron chi connectivity index (χ0n) is 15.3. The highest BCUT2D eigenvalue weighted by Gasteiger charge is 2.46. The van der Waals surface area contributed by atoms with E-state index in [4.69, 9.17) is 8.85 Å². The van der Waals surface area contributed by atoms with Crippen LogP contribution in [0.3, 0.4) is 0 Å². The number of methoxy groups -OCH3 is 1. The van der Waals surface area contributed by atoms with Crippen molar-refractivity contribution in [3.8, 4) is 0 Å². The van der Waals surface area contributed by atoms with Crippen LogP contribution < -0.4 is 0 Å². The first-order chi connectivity index (χ1) is 9.99. The Bertz CT molecular complexity index is 462. The minimum absolute atomic E-state index is 0.0444. The van der Waals surface area contributed by atoms with Crippen molar-refractivity contribution in [3.05, 3.63) is 23.3 Å². The molecule has 1 rings (SSSR count). The second-order valence-corrected chi connectivity index (χ2v) is 5.75. The van der Waals surface area contributed by atoms with Gasteiger partial charge in [-0.05, 0) is 53.4 Å². The molecule has 19 heavy (non-hydrogen) atoms. The molecule has 1 atom stereocenters. The Balaban J connectivity index is 2.26. The summed E-state index contributed by atoms with van der Waals surface area (Å²) in [4.78, 5) is 11.3.